The van der Waals surface area contributed by atoms with Crippen LogP contribution in [0.15, 0.2) is 67.0 Å². The number of ether oxygens (including phenoxy) is 2. The molecule has 4 amide bonds. The average molecular weight is 757 g/mol. The summed E-state index contributed by atoms with van der Waals surface area (Å²) in [6.45, 7) is 4.75. The van der Waals surface area contributed by atoms with Gasteiger partial charge < -0.3 is 39.9 Å². The number of alkyl carbamates (subject to hydrolysis) is 2. The van der Waals surface area contributed by atoms with Crippen molar-refractivity contribution >= 4 is 56.1 Å². The number of carbonyl (C=O) groups excluding carboxylic acids is 4. The molecular formula is C37H40N8O6S2. The Morgan fingerprint density at radius 1 is 0.849 bits per heavy atom. The molecule has 0 aliphatic carbocycles. The van der Waals surface area contributed by atoms with E-state index in [-0.39, 0.29) is 23.8 Å². The van der Waals surface area contributed by atoms with E-state index in [2.05, 4.69) is 42.7 Å². The molecule has 16 heteroatoms. The van der Waals surface area contributed by atoms with Gasteiger partial charge in [0.05, 0.1) is 53.8 Å². The molecule has 14 nitrogen and oxygen atoms in total. The van der Waals surface area contributed by atoms with Crippen LogP contribution in [-0.2, 0) is 19.1 Å². The van der Waals surface area contributed by atoms with Crippen molar-refractivity contribution in [2.75, 3.05) is 27.3 Å². The number of thiophene rings is 2. The van der Waals surface area contributed by atoms with Crippen molar-refractivity contribution in [1.29, 1.82) is 0 Å². The van der Waals surface area contributed by atoms with Crippen LogP contribution in [0.3, 0.4) is 0 Å². The van der Waals surface area contributed by atoms with Crippen LogP contribution >= 0.6 is 22.7 Å². The number of amides is 4. The number of H-pyrrole nitrogens is 2. The first-order valence-corrected chi connectivity index (χ1v) is 18.9. The molecular weight excluding hydrogens is 717 g/mol. The van der Waals surface area contributed by atoms with Gasteiger partial charge in [-0.15, -0.1) is 22.7 Å². The van der Waals surface area contributed by atoms with E-state index in [1.54, 1.807) is 50.8 Å². The third-order valence-electron chi connectivity index (χ3n) is 9.52. The van der Waals surface area contributed by atoms with E-state index in [0.717, 1.165) is 49.2 Å². The van der Waals surface area contributed by atoms with Crippen molar-refractivity contribution in [3.05, 3.63) is 84.2 Å². The van der Waals surface area contributed by atoms with E-state index in [1.165, 1.54) is 14.2 Å². The third-order valence-corrected chi connectivity index (χ3v) is 11.9. The summed E-state index contributed by atoms with van der Waals surface area (Å²) in [6.07, 6.45) is 7.74. The van der Waals surface area contributed by atoms with Gasteiger partial charge in [0.15, 0.2) is 0 Å². The minimum atomic E-state index is -0.920. The van der Waals surface area contributed by atoms with Crippen molar-refractivity contribution in [2.24, 2.45) is 5.92 Å². The Morgan fingerprint density at radius 2 is 1.47 bits per heavy atom. The van der Waals surface area contributed by atoms with E-state index in [4.69, 9.17) is 9.47 Å². The molecule has 2 aliphatic heterocycles. The lowest BCUT2D eigenvalue weighted by molar-refractivity contribution is -0.135. The number of aromatic nitrogens is 4. The molecule has 1 saturated heterocycles. The van der Waals surface area contributed by atoms with Crippen LogP contribution < -0.4 is 10.6 Å². The number of hydrogen-bond acceptors (Lipinski definition) is 10. The number of nitrogens with one attached hydrogen (secondary N) is 4. The zero-order valence-corrected chi connectivity index (χ0v) is 31.3. The second-order valence-corrected chi connectivity index (χ2v) is 15.4. The standard InChI is InChI=1S/C37H40N8O6S2/c1-20(2)30(42-36(48)50-3)34(46)44-14-8-12-24(44)32-38-18-22(40-32)26-16-28-29(52-26)17-27(53-28)23-19-39-33(41-23)25-13-9-15-45(25)35(47)31(43-37(49)51-4)21-10-6-5-7-11-21/h5-7,9-11,13,16-20,24-25,30-31H,8,12,14-15H2,1-4H3,(H,38,40)(H,39,41)(H,42,48)(H,43,49)/t24?,25?,30-,31+/m0/s1. The van der Waals surface area contributed by atoms with Gasteiger partial charge in [0.25, 0.3) is 5.91 Å². The molecule has 276 valence electrons. The molecule has 6 heterocycles. The molecule has 7 rings (SSSR count). The van der Waals surface area contributed by atoms with Crippen LogP contribution in [0.4, 0.5) is 9.59 Å². The lowest BCUT2D eigenvalue weighted by atomic mass is 10.0. The van der Waals surface area contributed by atoms with Gasteiger partial charge in [-0.1, -0.05) is 56.3 Å². The Hall–Kier alpha value is -5.48. The molecule has 0 bridgehead atoms. The molecule has 0 saturated carbocycles. The molecule has 1 aromatic carbocycles. The van der Waals surface area contributed by atoms with Gasteiger partial charge in [0.1, 0.15) is 29.8 Å². The zero-order chi connectivity index (χ0) is 37.2. The number of rotatable bonds is 10. The summed E-state index contributed by atoms with van der Waals surface area (Å²) < 4.78 is 11.8. The Labute approximate surface area is 313 Å². The molecule has 4 aromatic heterocycles. The van der Waals surface area contributed by atoms with E-state index in [0.29, 0.717) is 24.5 Å². The highest BCUT2D eigenvalue weighted by molar-refractivity contribution is 7.31. The topological polar surface area (TPSA) is 175 Å². The van der Waals surface area contributed by atoms with Crippen LogP contribution in [0.2, 0.25) is 0 Å². The number of imidazole rings is 2. The minimum absolute atomic E-state index is 0.111. The van der Waals surface area contributed by atoms with Crippen LogP contribution in [0.25, 0.3) is 30.5 Å². The number of fused-ring (bicyclic) bond motifs is 1. The fourth-order valence-corrected chi connectivity index (χ4v) is 9.13. The number of methoxy groups -OCH3 is 2. The summed E-state index contributed by atoms with van der Waals surface area (Å²) in [7, 11) is 2.55. The second-order valence-electron chi connectivity index (χ2n) is 13.2. The quantitative estimate of drug-likeness (QED) is 0.120. The summed E-state index contributed by atoms with van der Waals surface area (Å²) in [5.74, 6) is 0.809. The maximum Gasteiger partial charge on any atom is 0.407 e. The van der Waals surface area contributed by atoms with Gasteiger partial charge >= 0.3 is 12.2 Å². The number of carbonyl (C=O) groups is 4. The highest BCUT2D eigenvalue weighted by atomic mass is 32.1. The average Bonchev–Trinajstić information content (AvgIpc) is 4.00. The van der Waals surface area contributed by atoms with Crippen LogP contribution in [0.1, 0.15) is 62.0 Å². The highest BCUT2D eigenvalue weighted by Crippen LogP contribution is 2.42. The summed E-state index contributed by atoms with van der Waals surface area (Å²) in [5, 5.41) is 5.37. The van der Waals surface area contributed by atoms with E-state index in [9.17, 15) is 19.2 Å². The number of aromatic amines is 2. The fraction of sp³-hybridized carbons (Fsp3) is 0.351. The lowest BCUT2D eigenvalue weighted by Gasteiger charge is -2.30. The highest BCUT2D eigenvalue weighted by Gasteiger charge is 2.38. The summed E-state index contributed by atoms with van der Waals surface area (Å²) in [6, 6.07) is 11.1. The molecule has 53 heavy (non-hydrogen) atoms. The predicted molar refractivity (Wildman–Crippen MR) is 201 cm³/mol. The van der Waals surface area contributed by atoms with Gasteiger partial charge in [-0.2, -0.15) is 0 Å². The lowest BCUT2D eigenvalue weighted by Crippen LogP contribution is -2.51. The largest absolute Gasteiger partial charge is 0.453 e. The predicted octanol–water partition coefficient (Wildman–Crippen LogP) is 6.32. The Kier molecular flexibility index (Phi) is 10.3. The molecule has 0 spiro atoms. The Bertz CT molecular complexity index is 2120. The smallest absolute Gasteiger partial charge is 0.407 e. The second kappa shape index (κ2) is 15.2. The van der Waals surface area contributed by atoms with E-state index in [1.807, 2.05) is 50.4 Å². The normalized spacial score (nSPS) is 18.1. The SMILES string of the molecule is COC(=O)N[C@H](C(=O)N1CCCC1c1ncc(-c2cc3sc(-c4cnc(C5C=CCN5C(=O)[C@H](NC(=O)OC)c5ccccc5)[nH]4)cc3s2)[nH]1)C(C)C. The van der Waals surface area contributed by atoms with Crippen molar-refractivity contribution in [1.82, 2.24) is 40.4 Å². The van der Waals surface area contributed by atoms with Crippen LogP contribution in [-0.4, -0.2) is 87.1 Å². The minimum Gasteiger partial charge on any atom is -0.453 e. The number of hydrogen-bond donors (Lipinski definition) is 4. The maximum absolute atomic E-state index is 13.8. The first-order chi connectivity index (χ1) is 25.6. The van der Waals surface area contributed by atoms with E-state index < -0.39 is 30.3 Å². The van der Waals surface area contributed by atoms with Crippen molar-refractivity contribution in [3.8, 4) is 21.1 Å². The van der Waals surface area contributed by atoms with Gasteiger partial charge in [0.2, 0.25) is 5.91 Å². The number of nitrogens with zero attached hydrogens (tertiary/aromatic N) is 4. The van der Waals surface area contributed by atoms with Crippen molar-refractivity contribution in [3.63, 3.8) is 0 Å². The number of benzene rings is 1. The summed E-state index contributed by atoms with van der Waals surface area (Å²) in [5.41, 5.74) is 2.36. The van der Waals surface area contributed by atoms with Gasteiger partial charge in [-0.05, 0) is 36.5 Å². The Balaban J connectivity index is 1.05. The number of likely N-dealkylation sites (tertiary alicyclic amines) is 1. The van der Waals surface area contributed by atoms with E-state index >= 15 is 0 Å². The molecule has 0 radical (unpaired) electrons. The fourth-order valence-electron chi connectivity index (χ4n) is 6.80. The maximum atomic E-state index is 13.8. The molecule has 4 atom stereocenters. The van der Waals surface area contributed by atoms with Gasteiger partial charge in [-0.3, -0.25) is 9.59 Å². The summed E-state index contributed by atoms with van der Waals surface area (Å²) >= 11 is 3.28. The molecule has 1 fully saturated rings. The first-order valence-electron chi connectivity index (χ1n) is 17.3. The van der Waals surface area contributed by atoms with Crippen LogP contribution in [0.5, 0.6) is 0 Å². The van der Waals surface area contributed by atoms with Gasteiger partial charge in [0, 0.05) is 22.5 Å². The molecule has 2 aliphatic rings. The molecule has 5 aromatic rings. The molecule has 4 N–H and O–H groups in total. The Morgan fingerprint density at radius 3 is 2.11 bits per heavy atom. The summed E-state index contributed by atoms with van der Waals surface area (Å²) in [4.78, 5) is 73.3. The van der Waals surface area contributed by atoms with Gasteiger partial charge in [-0.25, -0.2) is 19.6 Å². The monoisotopic (exact) mass is 756 g/mol. The van der Waals surface area contributed by atoms with Crippen molar-refractivity contribution in [2.45, 2.75) is 50.9 Å². The zero-order valence-electron chi connectivity index (χ0n) is 29.6. The first kappa shape index (κ1) is 35.9. The molecule has 2 unspecified atom stereocenters. The van der Waals surface area contributed by atoms with Crippen molar-refractivity contribution < 1.29 is 28.7 Å². The third kappa shape index (κ3) is 7.28. The van der Waals surface area contributed by atoms with Crippen LogP contribution in [0, 0.1) is 5.92 Å².